The molecule has 2 aromatic rings. The Bertz CT molecular complexity index is 392. The molecule has 0 radical (unpaired) electrons. The van der Waals surface area contributed by atoms with Gasteiger partial charge in [0.2, 0.25) is 0 Å². The van der Waals surface area contributed by atoms with Gasteiger partial charge in [-0.2, -0.15) is 0 Å². The number of halogens is 2. The molecule has 2 rings (SSSR count). The smallest absolute Gasteiger partial charge is 0.0659 e. The van der Waals surface area contributed by atoms with Crippen LogP contribution in [0.2, 0.25) is 10.0 Å². The second kappa shape index (κ2) is 2.43. The lowest BCUT2D eigenvalue weighted by Gasteiger charge is -1.90. The summed E-state index contributed by atoms with van der Waals surface area (Å²) in [5, 5.41) is 2.46. The quantitative estimate of drug-likeness (QED) is 0.648. The van der Waals surface area contributed by atoms with Crippen LogP contribution in [0.5, 0.6) is 0 Å². The number of aromatic amines is 1. The van der Waals surface area contributed by atoms with Gasteiger partial charge in [0.15, 0.2) is 0 Å². The number of fused-ring (bicyclic) bond motifs is 1. The molecule has 0 atom stereocenters. The molecule has 1 aromatic heterocycles. The van der Waals surface area contributed by atoms with E-state index in [1.165, 1.54) is 0 Å². The lowest BCUT2D eigenvalue weighted by Crippen LogP contribution is -1.66. The molecule has 3 heteroatoms. The second-order valence-corrected chi connectivity index (χ2v) is 3.17. The molecule has 56 valence electrons. The molecule has 0 saturated heterocycles. The van der Waals surface area contributed by atoms with E-state index in [1.807, 2.05) is 18.2 Å². The molecule has 1 N–H and O–H groups in total. The molecule has 1 aromatic carbocycles. The molecule has 0 aliphatic heterocycles. The van der Waals surface area contributed by atoms with Gasteiger partial charge in [0.1, 0.15) is 0 Å². The highest BCUT2D eigenvalue weighted by Gasteiger charge is 1.99. The van der Waals surface area contributed by atoms with Crippen LogP contribution in [0, 0.1) is 0 Å². The van der Waals surface area contributed by atoms with Gasteiger partial charge in [-0.1, -0.05) is 23.2 Å². The standard InChI is InChI=1S/C8H5Cl2N/c9-5-1-2-6-7(10)4-11-8(6)3-5/h1-4,11H. The predicted octanol–water partition coefficient (Wildman–Crippen LogP) is 3.47. The zero-order valence-corrected chi connectivity index (χ0v) is 7.08. The van der Waals surface area contributed by atoms with E-state index in [2.05, 4.69) is 4.98 Å². The van der Waals surface area contributed by atoms with Gasteiger partial charge < -0.3 is 4.98 Å². The molecule has 11 heavy (non-hydrogen) atoms. The summed E-state index contributed by atoms with van der Waals surface area (Å²) in [4.78, 5) is 3.01. The van der Waals surface area contributed by atoms with Gasteiger partial charge in [-0.15, -0.1) is 0 Å². The maximum atomic E-state index is 5.85. The summed E-state index contributed by atoms with van der Waals surface area (Å²) in [7, 11) is 0. The van der Waals surface area contributed by atoms with Crippen molar-refractivity contribution in [2.75, 3.05) is 0 Å². The Balaban J connectivity index is 2.86. The maximum absolute atomic E-state index is 5.85. The molecule has 0 spiro atoms. The van der Waals surface area contributed by atoms with Crippen molar-refractivity contribution in [1.82, 2.24) is 4.98 Å². The fourth-order valence-electron chi connectivity index (χ4n) is 1.06. The second-order valence-electron chi connectivity index (χ2n) is 2.33. The molecule has 0 aliphatic carbocycles. The maximum Gasteiger partial charge on any atom is 0.0659 e. The van der Waals surface area contributed by atoms with E-state index in [0.29, 0.717) is 0 Å². The monoisotopic (exact) mass is 185 g/mol. The largest absolute Gasteiger partial charge is 0.360 e. The van der Waals surface area contributed by atoms with Crippen LogP contribution < -0.4 is 0 Å². The third-order valence-electron chi connectivity index (χ3n) is 1.59. The summed E-state index contributed by atoms with van der Waals surface area (Å²) in [6.07, 6.45) is 1.75. The number of aromatic nitrogens is 1. The summed E-state index contributed by atoms with van der Waals surface area (Å²) in [5.74, 6) is 0. The molecule has 0 fully saturated rings. The van der Waals surface area contributed by atoms with E-state index in [4.69, 9.17) is 23.2 Å². The number of H-pyrrole nitrogens is 1. The normalized spacial score (nSPS) is 10.7. The highest BCUT2D eigenvalue weighted by molar-refractivity contribution is 6.36. The van der Waals surface area contributed by atoms with Gasteiger partial charge >= 0.3 is 0 Å². The van der Waals surface area contributed by atoms with Gasteiger partial charge in [-0.25, -0.2) is 0 Å². The van der Waals surface area contributed by atoms with Crippen LogP contribution >= 0.6 is 23.2 Å². The first-order valence-electron chi connectivity index (χ1n) is 3.19. The van der Waals surface area contributed by atoms with Crippen LogP contribution in [0.3, 0.4) is 0 Å². The first-order chi connectivity index (χ1) is 5.27. The molecule has 0 amide bonds. The number of hydrogen-bond acceptors (Lipinski definition) is 0. The Kier molecular flexibility index (Phi) is 1.55. The van der Waals surface area contributed by atoms with E-state index in [1.54, 1.807) is 6.20 Å². The third-order valence-corrected chi connectivity index (χ3v) is 2.14. The van der Waals surface area contributed by atoms with Gasteiger partial charge in [0.05, 0.1) is 5.02 Å². The van der Waals surface area contributed by atoms with E-state index in [9.17, 15) is 0 Å². The minimum absolute atomic E-state index is 0.719. The molecule has 0 bridgehead atoms. The molecule has 0 unspecified atom stereocenters. The Morgan fingerprint density at radius 2 is 2.00 bits per heavy atom. The minimum Gasteiger partial charge on any atom is -0.360 e. The lowest BCUT2D eigenvalue weighted by molar-refractivity contribution is 1.48. The lowest BCUT2D eigenvalue weighted by atomic mass is 10.2. The highest BCUT2D eigenvalue weighted by Crippen LogP contribution is 2.24. The fraction of sp³-hybridized carbons (Fsp3) is 0. The summed E-state index contributed by atoms with van der Waals surface area (Å²) in [5.41, 5.74) is 0.975. The molecular weight excluding hydrogens is 181 g/mol. The van der Waals surface area contributed by atoms with Crippen LogP contribution in [-0.4, -0.2) is 4.98 Å². The Labute approximate surface area is 73.9 Å². The van der Waals surface area contributed by atoms with Gasteiger partial charge in [-0.3, -0.25) is 0 Å². The van der Waals surface area contributed by atoms with Crippen LogP contribution in [0.25, 0.3) is 10.9 Å². The van der Waals surface area contributed by atoms with Crippen LogP contribution in [0.4, 0.5) is 0 Å². The Hall–Kier alpha value is -0.660. The summed E-state index contributed by atoms with van der Waals surface area (Å²) < 4.78 is 0. The first-order valence-corrected chi connectivity index (χ1v) is 3.95. The minimum atomic E-state index is 0.719. The zero-order valence-electron chi connectivity index (χ0n) is 5.57. The van der Waals surface area contributed by atoms with Crippen molar-refractivity contribution in [1.29, 1.82) is 0 Å². The van der Waals surface area contributed by atoms with E-state index in [0.717, 1.165) is 20.9 Å². The summed E-state index contributed by atoms with van der Waals surface area (Å²) in [6, 6.07) is 5.57. The van der Waals surface area contributed by atoms with Crippen molar-refractivity contribution in [3.05, 3.63) is 34.4 Å². The highest BCUT2D eigenvalue weighted by atomic mass is 35.5. The Morgan fingerprint density at radius 1 is 1.18 bits per heavy atom. The van der Waals surface area contributed by atoms with Crippen molar-refractivity contribution >= 4 is 34.1 Å². The van der Waals surface area contributed by atoms with Crippen LogP contribution in [-0.2, 0) is 0 Å². The molecule has 1 nitrogen and oxygen atoms in total. The average molecular weight is 186 g/mol. The summed E-state index contributed by atoms with van der Waals surface area (Å²) in [6.45, 7) is 0. The molecular formula is C8H5Cl2N. The fourth-order valence-corrected chi connectivity index (χ4v) is 1.45. The van der Waals surface area contributed by atoms with Crippen molar-refractivity contribution in [2.45, 2.75) is 0 Å². The number of hydrogen-bond donors (Lipinski definition) is 1. The van der Waals surface area contributed by atoms with Crippen molar-refractivity contribution in [2.24, 2.45) is 0 Å². The van der Waals surface area contributed by atoms with Crippen molar-refractivity contribution in [3.63, 3.8) is 0 Å². The molecule has 1 heterocycles. The SMILES string of the molecule is Clc1ccc2c(Cl)c[nH]c2c1. The van der Waals surface area contributed by atoms with Gasteiger partial charge in [-0.05, 0) is 18.2 Å². The van der Waals surface area contributed by atoms with Crippen LogP contribution in [0.1, 0.15) is 0 Å². The first kappa shape index (κ1) is 7.01. The van der Waals surface area contributed by atoms with Crippen LogP contribution in [0.15, 0.2) is 24.4 Å². The zero-order chi connectivity index (χ0) is 7.84. The Morgan fingerprint density at radius 3 is 2.82 bits per heavy atom. The average Bonchev–Trinajstić information content (AvgIpc) is 2.32. The van der Waals surface area contributed by atoms with E-state index in [-0.39, 0.29) is 0 Å². The van der Waals surface area contributed by atoms with Gasteiger partial charge in [0, 0.05) is 22.1 Å². The number of nitrogens with one attached hydrogen (secondary N) is 1. The third kappa shape index (κ3) is 1.10. The van der Waals surface area contributed by atoms with Gasteiger partial charge in [0.25, 0.3) is 0 Å². The van der Waals surface area contributed by atoms with Crippen molar-refractivity contribution < 1.29 is 0 Å². The van der Waals surface area contributed by atoms with E-state index >= 15 is 0 Å². The summed E-state index contributed by atoms with van der Waals surface area (Å²) >= 11 is 11.6. The molecule has 0 aliphatic rings. The molecule has 0 saturated carbocycles. The number of benzene rings is 1. The number of rotatable bonds is 0. The van der Waals surface area contributed by atoms with Crippen molar-refractivity contribution in [3.8, 4) is 0 Å². The predicted molar refractivity (Wildman–Crippen MR) is 48.3 cm³/mol. The topological polar surface area (TPSA) is 15.8 Å². The van der Waals surface area contributed by atoms with E-state index < -0.39 is 0 Å².